The molecule has 0 saturated carbocycles. The molecule has 0 unspecified atom stereocenters. The maximum Gasteiger partial charge on any atom is 0.224 e. The Morgan fingerprint density at radius 3 is 2.28 bits per heavy atom. The van der Waals surface area contributed by atoms with E-state index in [1.807, 2.05) is 55.6 Å². The van der Waals surface area contributed by atoms with Crippen molar-refractivity contribution < 1.29 is 4.79 Å². The maximum atomic E-state index is 11.5. The van der Waals surface area contributed by atoms with Gasteiger partial charge in [-0.15, -0.1) is 11.8 Å². The van der Waals surface area contributed by atoms with Crippen LogP contribution in [0.25, 0.3) is 0 Å². The fourth-order valence-electron chi connectivity index (χ4n) is 2.01. The van der Waals surface area contributed by atoms with Crippen LogP contribution >= 0.6 is 11.8 Å². The van der Waals surface area contributed by atoms with Crippen molar-refractivity contribution in [3.05, 3.63) is 71.8 Å². The van der Waals surface area contributed by atoms with Crippen molar-refractivity contribution in [3.8, 4) is 23.7 Å². The highest BCUT2D eigenvalue weighted by atomic mass is 32.2. The zero-order chi connectivity index (χ0) is 17.9. The molecule has 0 heterocycles. The van der Waals surface area contributed by atoms with E-state index >= 15 is 0 Å². The van der Waals surface area contributed by atoms with Gasteiger partial charge in [-0.3, -0.25) is 4.79 Å². The predicted molar refractivity (Wildman–Crippen MR) is 106 cm³/mol. The van der Waals surface area contributed by atoms with E-state index in [0.29, 0.717) is 6.42 Å². The van der Waals surface area contributed by atoms with Crippen LogP contribution in [0.2, 0.25) is 0 Å². The molecule has 0 aliphatic heterocycles. The number of rotatable bonds is 3. The van der Waals surface area contributed by atoms with Crippen molar-refractivity contribution in [3.63, 3.8) is 0 Å². The normalized spacial score (nSPS) is 9.68. The molecule has 0 radical (unpaired) electrons. The molecule has 0 bridgehead atoms. The molecule has 0 aromatic heterocycles. The number of anilines is 1. The summed E-state index contributed by atoms with van der Waals surface area (Å²) in [7, 11) is 0. The van der Waals surface area contributed by atoms with E-state index in [-0.39, 0.29) is 5.91 Å². The zero-order valence-corrected chi connectivity index (χ0v) is 15.1. The van der Waals surface area contributed by atoms with Gasteiger partial charge in [0, 0.05) is 22.4 Å². The van der Waals surface area contributed by atoms with Crippen LogP contribution in [-0.4, -0.2) is 12.2 Å². The van der Waals surface area contributed by atoms with Crippen LogP contribution in [0.4, 0.5) is 5.69 Å². The van der Waals surface area contributed by atoms with E-state index in [0.717, 1.165) is 21.7 Å². The minimum absolute atomic E-state index is 0.0249. The molecule has 0 fully saturated rings. The Kier molecular flexibility index (Phi) is 7.44. The zero-order valence-electron chi connectivity index (χ0n) is 14.3. The molecule has 1 amide bonds. The Bertz CT molecular complexity index is 891. The molecule has 1 N–H and O–H groups in total. The molecule has 124 valence electrons. The SMILES string of the molecule is CCC(=O)Nc1ccccc1C#C/C=C\C#Cc1ccccc1SC. The third-order valence-electron chi connectivity index (χ3n) is 3.29. The largest absolute Gasteiger partial charge is 0.325 e. The topological polar surface area (TPSA) is 29.1 Å². The number of thioether (sulfide) groups is 1. The molecule has 0 spiro atoms. The number of nitrogens with one attached hydrogen (secondary N) is 1. The van der Waals surface area contributed by atoms with Crippen LogP contribution in [0.1, 0.15) is 24.5 Å². The molecule has 2 rings (SSSR count). The van der Waals surface area contributed by atoms with Gasteiger partial charge in [0.25, 0.3) is 0 Å². The monoisotopic (exact) mass is 345 g/mol. The predicted octanol–water partition coefficient (Wildman–Crippen LogP) is 4.72. The highest BCUT2D eigenvalue weighted by molar-refractivity contribution is 7.98. The second-order valence-electron chi connectivity index (χ2n) is 5.02. The molecule has 0 aliphatic rings. The van der Waals surface area contributed by atoms with Crippen LogP contribution < -0.4 is 5.32 Å². The lowest BCUT2D eigenvalue weighted by Gasteiger charge is -2.05. The Hall–Kier alpha value is -2.88. The third-order valence-corrected chi connectivity index (χ3v) is 4.09. The standard InChI is InChI=1S/C22H19NOS/c1-3-22(24)23-20-16-10-8-13-18(20)12-6-4-5-7-14-19-15-9-11-17-21(19)25-2/h4-5,8-11,13,15-17H,3H2,1-2H3,(H,23,24)/b5-4-. The summed E-state index contributed by atoms with van der Waals surface area (Å²) < 4.78 is 0. The molecule has 2 aromatic carbocycles. The highest BCUT2D eigenvalue weighted by Gasteiger charge is 2.02. The lowest BCUT2D eigenvalue weighted by atomic mass is 10.1. The third kappa shape index (κ3) is 5.92. The van der Waals surface area contributed by atoms with E-state index in [2.05, 4.69) is 35.1 Å². The first kappa shape index (κ1) is 18.5. The van der Waals surface area contributed by atoms with Crippen molar-refractivity contribution in [2.45, 2.75) is 18.2 Å². The Morgan fingerprint density at radius 2 is 1.60 bits per heavy atom. The summed E-state index contributed by atoms with van der Waals surface area (Å²) in [5, 5.41) is 2.85. The van der Waals surface area contributed by atoms with Crippen molar-refractivity contribution in [1.29, 1.82) is 0 Å². The molecule has 2 aromatic rings. The van der Waals surface area contributed by atoms with Gasteiger partial charge in [-0.1, -0.05) is 54.9 Å². The molecule has 0 atom stereocenters. The van der Waals surface area contributed by atoms with Gasteiger partial charge in [0.2, 0.25) is 5.91 Å². The van der Waals surface area contributed by atoms with E-state index < -0.39 is 0 Å². The first-order chi connectivity index (χ1) is 12.2. The smallest absolute Gasteiger partial charge is 0.224 e. The summed E-state index contributed by atoms with van der Waals surface area (Å²) in [6.07, 6.45) is 5.93. The van der Waals surface area contributed by atoms with Gasteiger partial charge in [-0.2, -0.15) is 0 Å². The number of hydrogen-bond acceptors (Lipinski definition) is 2. The van der Waals surface area contributed by atoms with Crippen molar-refractivity contribution in [2.24, 2.45) is 0 Å². The summed E-state index contributed by atoms with van der Waals surface area (Å²) in [5.74, 6) is 12.1. The minimum atomic E-state index is -0.0249. The number of benzene rings is 2. The van der Waals surface area contributed by atoms with Crippen LogP contribution in [-0.2, 0) is 4.79 Å². The summed E-state index contributed by atoms with van der Waals surface area (Å²) in [5.41, 5.74) is 2.53. The average Bonchev–Trinajstić information content (AvgIpc) is 2.65. The fraction of sp³-hybridized carbons (Fsp3) is 0.136. The van der Waals surface area contributed by atoms with E-state index in [4.69, 9.17) is 0 Å². The highest BCUT2D eigenvalue weighted by Crippen LogP contribution is 2.18. The first-order valence-electron chi connectivity index (χ1n) is 7.94. The lowest BCUT2D eigenvalue weighted by molar-refractivity contribution is -0.115. The molecule has 3 heteroatoms. The van der Waals surface area contributed by atoms with Gasteiger partial charge in [0.05, 0.1) is 5.69 Å². The minimum Gasteiger partial charge on any atom is -0.325 e. The number of hydrogen-bond donors (Lipinski definition) is 1. The quantitative estimate of drug-likeness (QED) is 0.644. The first-order valence-corrected chi connectivity index (χ1v) is 9.17. The fourth-order valence-corrected chi connectivity index (χ4v) is 2.56. The van der Waals surface area contributed by atoms with Gasteiger partial charge in [0.1, 0.15) is 0 Å². The molecular weight excluding hydrogens is 326 g/mol. The van der Waals surface area contributed by atoms with E-state index in [1.54, 1.807) is 23.9 Å². The van der Waals surface area contributed by atoms with Crippen LogP contribution in [0.15, 0.2) is 65.6 Å². The van der Waals surface area contributed by atoms with Crippen molar-refractivity contribution in [1.82, 2.24) is 0 Å². The molecule has 2 nitrogen and oxygen atoms in total. The van der Waals surface area contributed by atoms with E-state index in [1.165, 1.54) is 0 Å². The molecular formula is C22H19NOS. The second kappa shape index (κ2) is 10.1. The van der Waals surface area contributed by atoms with Gasteiger partial charge in [0.15, 0.2) is 0 Å². The summed E-state index contributed by atoms with van der Waals surface area (Å²) >= 11 is 1.68. The number of carbonyl (C=O) groups is 1. The van der Waals surface area contributed by atoms with Crippen LogP contribution in [0.3, 0.4) is 0 Å². The summed E-state index contributed by atoms with van der Waals surface area (Å²) in [6, 6.07) is 15.6. The van der Waals surface area contributed by atoms with Crippen molar-refractivity contribution >= 4 is 23.4 Å². The van der Waals surface area contributed by atoms with Crippen molar-refractivity contribution in [2.75, 3.05) is 11.6 Å². The maximum absolute atomic E-state index is 11.5. The van der Waals surface area contributed by atoms with Crippen LogP contribution in [0, 0.1) is 23.7 Å². The summed E-state index contributed by atoms with van der Waals surface area (Å²) in [4.78, 5) is 12.7. The van der Waals surface area contributed by atoms with Gasteiger partial charge in [-0.05, 0) is 42.7 Å². The van der Waals surface area contributed by atoms with Crippen LogP contribution in [0.5, 0.6) is 0 Å². The van der Waals surface area contributed by atoms with Gasteiger partial charge >= 0.3 is 0 Å². The van der Waals surface area contributed by atoms with Gasteiger partial charge in [-0.25, -0.2) is 0 Å². The number of amides is 1. The lowest BCUT2D eigenvalue weighted by Crippen LogP contribution is -2.10. The Morgan fingerprint density at radius 1 is 1.00 bits per heavy atom. The molecule has 25 heavy (non-hydrogen) atoms. The number of carbonyl (C=O) groups excluding carboxylic acids is 1. The average molecular weight is 345 g/mol. The second-order valence-corrected chi connectivity index (χ2v) is 5.87. The summed E-state index contributed by atoms with van der Waals surface area (Å²) in [6.45, 7) is 1.82. The number of para-hydroxylation sites is 1. The van der Waals surface area contributed by atoms with E-state index in [9.17, 15) is 4.79 Å². The molecule has 0 aliphatic carbocycles. The van der Waals surface area contributed by atoms with Gasteiger partial charge < -0.3 is 5.32 Å². The number of allylic oxidation sites excluding steroid dienone is 2. The molecule has 0 saturated heterocycles. The Labute approximate surface area is 153 Å². The Balaban J connectivity index is 2.07.